The highest BCUT2D eigenvalue weighted by Crippen LogP contribution is 2.26. The van der Waals surface area contributed by atoms with E-state index in [1.54, 1.807) is 18.3 Å². The van der Waals surface area contributed by atoms with Crippen molar-refractivity contribution in [2.45, 2.75) is 38.6 Å². The van der Waals surface area contributed by atoms with Crippen LogP contribution in [0, 0.1) is 0 Å². The van der Waals surface area contributed by atoms with Crippen LogP contribution in [0.2, 0.25) is 0 Å². The van der Waals surface area contributed by atoms with Crippen molar-refractivity contribution < 1.29 is 14.7 Å². The number of carbonyl (C=O) groups is 2. The summed E-state index contributed by atoms with van der Waals surface area (Å²) in [4.78, 5) is 25.5. The van der Waals surface area contributed by atoms with Crippen molar-refractivity contribution in [3.8, 4) is 0 Å². The summed E-state index contributed by atoms with van der Waals surface area (Å²) in [6, 6.07) is 2.86. The summed E-state index contributed by atoms with van der Waals surface area (Å²) < 4.78 is 0. The van der Waals surface area contributed by atoms with Crippen LogP contribution in [-0.2, 0) is 10.2 Å². The van der Waals surface area contributed by atoms with E-state index in [-0.39, 0.29) is 11.4 Å². The van der Waals surface area contributed by atoms with Crippen molar-refractivity contribution in [2.24, 2.45) is 0 Å². The van der Waals surface area contributed by atoms with Gasteiger partial charge in [-0.15, -0.1) is 11.3 Å². The van der Waals surface area contributed by atoms with E-state index in [2.05, 4.69) is 5.32 Å². The molecule has 0 aliphatic rings. The number of nitrogens with one attached hydrogen (secondary N) is 1. The molecule has 1 atom stereocenters. The summed E-state index contributed by atoms with van der Waals surface area (Å²) in [5.74, 6) is -0.984. The largest absolute Gasteiger partial charge is 0.480 e. The molecule has 1 aromatic heterocycles. The second-order valence-electron chi connectivity index (χ2n) is 5.39. The lowest BCUT2D eigenvalue weighted by atomic mass is 9.91. The predicted molar refractivity (Wildman–Crippen MR) is 80.2 cm³/mol. The Morgan fingerprint density at radius 3 is 2.60 bits per heavy atom. The molecule has 1 heterocycles. The number of thiophene rings is 1. The molecule has 0 spiro atoms. The van der Waals surface area contributed by atoms with Gasteiger partial charge in [-0.1, -0.05) is 26.8 Å². The molecule has 0 aliphatic heterocycles. The fourth-order valence-electron chi connectivity index (χ4n) is 1.93. The van der Waals surface area contributed by atoms with E-state index in [0.29, 0.717) is 13.0 Å². The highest BCUT2D eigenvalue weighted by molar-refractivity contribution is 7.10. The topological polar surface area (TPSA) is 69.6 Å². The second-order valence-corrected chi connectivity index (χ2v) is 6.34. The van der Waals surface area contributed by atoms with Crippen molar-refractivity contribution in [3.63, 3.8) is 0 Å². The molecule has 20 heavy (non-hydrogen) atoms. The van der Waals surface area contributed by atoms with Gasteiger partial charge in [0.25, 0.3) is 0 Å². The smallest absolute Gasteiger partial charge is 0.326 e. The second kappa shape index (κ2) is 6.74. The minimum absolute atomic E-state index is 0.171. The molecular formula is C14H22N2O3S. The zero-order valence-corrected chi connectivity index (χ0v) is 13.2. The van der Waals surface area contributed by atoms with Gasteiger partial charge in [-0.25, -0.2) is 9.59 Å². The molecule has 112 valence electrons. The van der Waals surface area contributed by atoms with Gasteiger partial charge in [0.2, 0.25) is 0 Å². The Kier molecular flexibility index (Phi) is 5.56. The maximum atomic E-state index is 12.0. The number of rotatable bonds is 6. The summed E-state index contributed by atoms with van der Waals surface area (Å²) in [6.45, 7) is 6.31. The van der Waals surface area contributed by atoms with E-state index in [1.807, 2.05) is 31.4 Å². The molecule has 5 nitrogen and oxygen atoms in total. The Bertz CT molecular complexity index is 457. The number of aliphatic carboxylic acids is 1. The number of carboxylic acids is 1. The van der Waals surface area contributed by atoms with Crippen molar-refractivity contribution in [2.75, 3.05) is 13.6 Å². The summed E-state index contributed by atoms with van der Waals surface area (Å²) in [7, 11) is 1.51. The van der Waals surface area contributed by atoms with Gasteiger partial charge in [-0.3, -0.25) is 0 Å². The van der Waals surface area contributed by atoms with Crippen LogP contribution in [0.1, 0.15) is 32.1 Å². The summed E-state index contributed by atoms with van der Waals surface area (Å²) in [5, 5.41) is 13.9. The molecule has 0 aromatic carbocycles. The highest BCUT2D eigenvalue weighted by Gasteiger charge is 2.27. The molecule has 1 rings (SSSR count). The van der Waals surface area contributed by atoms with E-state index >= 15 is 0 Å². The number of hydrogen-bond donors (Lipinski definition) is 2. The van der Waals surface area contributed by atoms with E-state index in [9.17, 15) is 9.59 Å². The number of hydrogen-bond acceptors (Lipinski definition) is 3. The minimum atomic E-state index is -0.984. The molecule has 0 fully saturated rings. The van der Waals surface area contributed by atoms with Gasteiger partial charge >= 0.3 is 12.0 Å². The Hall–Kier alpha value is -1.56. The predicted octanol–water partition coefficient (Wildman–Crippen LogP) is 2.53. The van der Waals surface area contributed by atoms with Gasteiger partial charge in [0.05, 0.1) is 0 Å². The van der Waals surface area contributed by atoms with Crippen molar-refractivity contribution in [1.82, 2.24) is 10.2 Å². The van der Waals surface area contributed by atoms with Crippen molar-refractivity contribution in [1.29, 1.82) is 0 Å². The molecule has 2 amide bonds. The first-order valence-corrected chi connectivity index (χ1v) is 7.45. The first kappa shape index (κ1) is 16.5. The standard InChI is InChI=1S/C14H22N2O3S/c1-5-10(12(17)18)16(4)13(19)15-9-14(2,3)11-7-6-8-20-11/h6-8,10H,5,9H2,1-4H3,(H,15,19)(H,17,18). The van der Waals surface area contributed by atoms with E-state index < -0.39 is 12.0 Å². The van der Waals surface area contributed by atoms with E-state index in [0.717, 1.165) is 0 Å². The maximum Gasteiger partial charge on any atom is 0.326 e. The Morgan fingerprint density at radius 2 is 2.15 bits per heavy atom. The Labute approximate surface area is 123 Å². The molecule has 6 heteroatoms. The summed E-state index contributed by atoms with van der Waals surface area (Å²) >= 11 is 1.65. The molecule has 0 saturated heterocycles. The third kappa shape index (κ3) is 3.96. The number of carbonyl (C=O) groups excluding carboxylic acids is 1. The lowest BCUT2D eigenvalue weighted by molar-refractivity contribution is -0.141. The highest BCUT2D eigenvalue weighted by atomic mass is 32.1. The average Bonchev–Trinajstić information content (AvgIpc) is 2.90. The SMILES string of the molecule is CCC(C(=O)O)N(C)C(=O)NCC(C)(C)c1cccs1. The lowest BCUT2D eigenvalue weighted by Crippen LogP contribution is -2.49. The average molecular weight is 298 g/mol. The molecule has 1 aromatic rings. The molecule has 1 unspecified atom stereocenters. The van der Waals surface area contributed by atoms with Crippen LogP contribution in [0.15, 0.2) is 17.5 Å². The number of urea groups is 1. The summed E-state index contributed by atoms with van der Waals surface area (Å²) in [6.07, 6.45) is 0.383. The molecule has 2 N–H and O–H groups in total. The van der Waals surface area contributed by atoms with Crippen molar-refractivity contribution >= 4 is 23.3 Å². The maximum absolute atomic E-state index is 12.0. The number of carboxylic acid groups (broad SMARTS) is 1. The zero-order valence-electron chi connectivity index (χ0n) is 12.3. The molecule has 0 radical (unpaired) electrons. The fourth-order valence-corrected chi connectivity index (χ4v) is 2.78. The van der Waals surface area contributed by atoms with Crippen LogP contribution in [0.4, 0.5) is 4.79 Å². The first-order valence-electron chi connectivity index (χ1n) is 6.57. The van der Waals surface area contributed by atoms with Gasteiger partial charge in [-0.2, -0.15) is 0 Å². The molecular weight excluding hydrogens is 276 g/mol. The number of amides is 2. The van der Waals surface area contributed by atoms with E-state index in [1.165, 1.54) is 16.8 Å². The van der Waals surface area contributed by atoms with Crippen LogP contribution in [0.3, 0.4) is 0 Å². The lowest BCUT2D eigenvalue weighted by Gasteiger charge is -2.28. The third-order valence-corrected chi connectivity index (χ3v) is 4.57. The number of likely N-dealkylation sites (N-methyl/N-ethyl adjacent to an activating group) is 1. The number of nitrogens with zero attached hydrogens (tertiary/aromatic N) is 1. The normalized spacial score (nSPS) is 12.8. The van der Waals surface area contributed by atoms with Gasteiger partial charge in [-0.05, 0) is 17.9 Å². The van der Waals surface area contributed by atoms with Gasteiger partial charge in [0, 0.05) is 23.9 Å². The third-order valence-electron chi connectivity index (χ3n) is 3.33. The Morgan fingerprint density at radius 1 is 1.50 bits per heavy atom. The minimum Gasteiger partial charge on any atom is -0.480 e. The quantitative estimate of drug-likeness (QED) is 0.848. The van der Waals surface area contributed by atoms with E-state index in [4.69, 9.17) is 5.11 Å². The molecule has 0 bridgehead atoms. The van der Waals surface area contributed by atoms with Crippen LogP contribution in [0.25, 0.3) is 0 Å². The monoisotopic (exact) mass is 298 g/mol. The van der Waals surface area contributed by atoms with Gasteiger partial charge in [0.15, 0.2) is 0 Å². The summed E-state index contributed by atoms with van der Waals surface area (Å²) in [5.41, 5.74) is -0.171. The zero-order chi connectivity index (χ0) is 15.3. The fraction of sp³-hybridized carbons (Fsp3) is 0.571. The molecule has 0 saturated carbocycles. The van der Waals surface area contributed by atoms with Crippen LogP contribution < -0.4 is 5.32 Å². The van der Waals surface area contributed by atoms with Gasteiger partial charge < -0.3 is 15.3 Å². The first-order chi connectivity index (χ1) is 9.29. The van der Waals surface area contributed by atoms with Crippen LogP contribution >= 0.6 is 11.3 Å². The van der Waals surface area contributed by atoms with Crippen LogP contribution in [-0.4, -0.2) is 41.6 Å². The van der Waals surface area contributed by atoms with Crippen LogP contribution in [0.5, 0.6) is 0 Å². The van der Waals surface area contributed by atoms with Crippen molar-refractivity contribution in [3.05, 3.63) is 22.4 Å². The Balaban J connectivity index is 2.61. The molecule has 0 aliphatic carbocycles. The van der Waals surface area contributed by atoms with Gasteiger partial charge in [0.1, 0.15) is 6.04 Å².